The molecule has 0 atom stereocenters. The zero-order valence-corrected chi connectivity index (χ0v) is 12.1. The minimum absolute atomic E-state index is 0.00372. The Bertz CT molecular complexity index is 648. The predicted molar refractivity (Wildman–Crippen MR) is 79.6 cm³/mol. The van der Waals surface area contributed by atoms with Crippen molar-refractivity contribution in [1.29, 1.82) is 5.26 Å². The van der Waals surface area contributed by atoms with E-state index in [0.29, 0.717) is 17.0 Å². The Labute approximate surface area is 125 Å². The van der Waals surface area contributed by atoms with E-state index >= 15 is 0 Å². The lowest BCUT2D eigenvalue weighted by Gasteiger charge is -2.07. The van der Waals surface area contributed by atoms with Crippen molar-refractivity contribution in [3.05, 3.63) is 58.6 Å². The van der Waals surface area contributed by atoms with Crippen LogP contribution in [0.25, 0.3) is 0 Å². The van der Waals surface area contributed by atoms with Crippen molar-refractivity contribution in [3.8, 4) is 11.8 Å². The molecule has 0 aromatic heterocycles. The Morgan fingerprint density at radius 3 is 2.65 bits per heavy atom. The molecule has 0 saturated carbocycles. The van der Waals surface area contributed by atoms with E-state index in [1.165, 1.54) is 0 Å². The van der Waals surface area contributed by atoms with E-state index in [-0.39, 0.29) is 12.5 Å². The number of benzene rings is 2. The molecule has 5 heteroatoms. The van der Waals surface area contributed by atoms with Crippen LogP contribution >= 0.6 is 15.9 Å². The summed E-state index contributed by atoms with van der Waals surface area (Å²) in [5, 5.41) is 11.2. The summed E-state index contributed by atoms with van der Waals surface area (Å²) in [5.74, 6) is 0.406. The molecule has 0 spiro atoms. The first-order valence-electron chi connectivity index (χ1n) is 5.86. The largest absolute Gasteiger partial charge is 0.479 e. The Morgan fingerprint density at radius 1 is 1.25 bits per heavy atom. The monoisotopic (exact) mass is 330 g/mol. The second kappa shape index (κ2) is 6.73. The van der Waals surface area contributed by atoms with Crippen LogP contribution in [-0.2, 0) is 0 Å². The van der Waals surface area contributed by atoms with Crippen LogP contribution in [0, 0.1) is 11.3 Å². The number of anilines is 1. The Morgan fingerprint density at radius 2 is 2.00 bits per heavy atom. The van der Waals surface area contributed by atoms with E-state index in [1.807, 2.05) is 12.1 Å². The topological polar surface area (TPSA) is 62.1 Å². The Balaban J connectivity index is 2.03. The minimum atomic E-state index is -0.183. The minimum Gasteiger partial charge on any atom is -0.479 e. The van der Waals surface area contributed by atoms with Crippen molar-refractivity contribution in [2.24, 2.45) is 0 Å². The molecule has 2 aromatic rings. The van der Waals surface area contributed by atoms with E-state index in [0.717, 1.165) is 4.47 Å². The third-order valence-electron chi connectivity index (χ3n) is 2.50. The van der Waals surface area contributed by atoms with Crippen LogP contribution in [0.4, 0.5) is 5.69 Å². The van der Waals surface area contributed by atoms with Gasteiger partial charge in [-0.2, -0.15) is 5.26 Å². The average molecular weight is 331 g/mol. The van der Waals surface area contributed by atoms with Crippen LogP contribution in [0.3, 0.4) is 0 Å². The van der Waals surface area contributed by atoms with Crippen molar-refractivity contribution in [2.45, 2.75) is 0 Å². The maximum atomic E-state index is 12.0. The van der Waals surface area contributed by atoms with Gasteiger partial charge in [-0.15, -0.1) is 0 Å². The van der Waals surface area contributed by atoms with Crippen molar-refractivity contribution >= 4 is 27.5 Å². The predicted octanol–water partition coefficient (Wildman–Crippen LogP) is 3.60. The van der Waals surface area contributed by atoms with Gasteiger partial charge in [-0.3, -0.25) is 4.79 Å². The number of carbonyl (C=O) groups is 1. The molecule has 0 radical (unpaired) electrons. The summed E-state index contributed by atoms with van der Waals surface area (Å²) >= 11 is 3.33. The van der Waals surface area contributed by atoms with Gasteiger partial charge in [-0.25, -0.2) is 0 Å². The van der Waals surface area contributed by atoms with E-state index in [4.69, 9.17) is 10.00 Å². The summed E-state index contributed by atoms with van der Waals surface area (Å²) in [6.07, 6.45) is 0. The molecule has 0 heterocycles. The number of ether oxygens (including phenoxy) is 1. The number of nitriles is 1. The summed E-state index contributed by atoms with van der Waals surface area (Å²) in [6, 6.07) is 15.9. The van der Waals surface area contributed by atoms with Crippen molar-refractivity contribution in [3.63, 3.8) is 0 Å². The number of rotatable bonds is 4. The highest BCUT2D eigenvalue weighted by atomic mass is 79.9. The number of halogens is 1. The molecular formula is C15H11BrN2O2. The molecule has 1 N–H and O–H groups in total. The molecule has 0 bridgehead atoms. The van der Waals surface area contributed by atoms with Gasteiger partial charge in [0.1, 0.15) is 11.8 Å². The van der Waals surface area contributed by atoms with E-state index in [9.17, 15) is 4.79 Å². The third kappa shape index (κ3) is 3.84. The second-order valence-corrected chi connectivity index (χ2v) is 4.85. The lowest BCUT2D eigenvalue weighted by Crippen LogP contribution is -2.11. The fraction of sp³-hybridized carbons (Fsp3) is 0.0667. The summed E-state index contributed by atoms with van der Waals surface area (Å²) in [4.78, 5) is 12.0. The molecule has 4 nitrogen and oxygen atoms in total. The van der Waals surface area contributed by atoms with E-state index in [2.05, 4.69) is 21.2 Å². The molecule has 2 aromatic carbocycles. The van der Waals surface area contributed by atoms with Crippen LogP contribution in [0.15, 0.2) is 53.0 Å². The molecule has 0 saturated heterocycles. The van der Waals surface area contributed by atoms with Gasteiger partial charge in [0.15, 0.2) is 6.61 Å². The van der Waals surface area contributed by atoms with Gasteiger partial charge >= 0.3 is 0 Å². The zero-order valence-electron chi connectivity index (χ0n) is 10.5. The normalized spacial score (nSPS) is 9.60. The molecule has 100 valence electrons. The van der Waals surface area contributed by atoms with Gasteiger partial charge in [-0.05, 0) is 42.5 Å². The van der Waals surface area contributed by atoms with Crippen molar-refractivity contribution < 1.29 is 9.53 Å². The maximum Gasteiger partial charge on any atom is 0.255 e. The molecule has 0 fully saturated rings. The molecule has 0 unspecified atom stereocenters. The molecule has 0 aliphatic heterocycles. The van der Waals surface area contributed by atoms with Crippen LogP contribution in [-0.4, -0.2) is 12.5 Å². The standard InChI is InChI=1S/C15H11BrN2O2/c16-12-3-1-2-11(10-12)15(19)18-13-4-6-14(7-5-13)20-9-8-17/h1-7,10H,9H2,(H,18,19). The van der Waals surface area contributed by atoms with Crippen molar-refractivity contribution in [1.82, 2.24) is 0 Å². The fourth-order valence-electron chi connectivity index (χ4n) is 1.58. The number of amides is 1. The first-order chi connectivity index (χ1) is 9.69. The van der Waals surface area contributed by atoms with Gasteiger partial charge in [0, 0.05) is 15.7 Å². The van der Waals surface area contributed by atoms with Gasteiger partial charge in [0.05, 0.1) is 0 Å². The highest BCUT2D eigenvalue weighted by molar-refractivity contribution is 9.10. The number of nitrogens with zero attached hydrogens (tertiary/aromatic N) is 1. The highest BCUT2D eigenvalue weighted by Crippen LogP contribution is 2.17. The SMILES string of the molecule is N#CCOc1ccc(NC(=O)c2cccc(Br)c2)cc1. The number of hydrogen-bond donors (Lipinski definition) is 1. The zero-order chi connectivity index (χ0) is 14.4. The quantitative estimate of drug-likeness (QED) is 0.931. The van der Waals surface area contributed by atoms with Gasteiger partial charge in [0.2, 0.25) is 0 Å². The Hall–Kier alpha value is -2.32. The van der Waals surface area contributed by atoms with E-state index in [1.54, 1.807) is 42.5 Å². The summed E-state index contributed by atoms with van der Waals surface area (Å²) in [7, 11) is 0. The van der Waals surface area contributed by atoms with Crippen LogP contribution in [0.5, 0.6) is 5.75 Å². The fourth-order valence-corrected chi connectivity index (χ4v) is 1.98. The maximum absolute atomic E-state index is 12.0. The van der Waals surface area contributed by atoms with Crippen LogP contribution < -0.4 is 10.1 Å². The van der Waals surface area contributed by atoms with Crippen LogP contribution in [0.2, 0.25) is 0 Å². The summed E-state index contributed by atoms with van der Waals surface area (Å²) in [5.41, 5.74) is 1.24. The highest BCUT2D eigenvalue weighted by Gasteiger charge is 2.06. The number of carbonyl (C=O) groups excluding carboxylic acids is 1. The lowest BCUT2D eigenvalue weighted by molar-refractivity contribution is 0.102. The molecule has 20 heavy (non-hydrogen) atoms. The number of hydrogen-bond acceptors (Lipinski definition) is 3. The second-order valence-electron chi connectivity index (χ2n) is 3.94. The van der Waals surface area contributed by atoms with Gasteiger partial charge in [-0.1, -0.05) is 22.0 Å². The van der Waals surface area contributed by atoms with Gasteiger partial charge < -0.3 is 10.1 Å². The first kappa shape index (κ1) is 14.1. The molecule has 1 amide bonds. The summed E-state index contributed by atoms with van der Waals surface area (Å²) in [6.45, 7) is 0.00372. The third-order valence-corrected chi connectivity index (χ3v) is 3.00. The summed E-state index contributed by atoms with van der Waals surface area (Å²) < 4.78 is 5.99. The molecule has 0 aliphatic rings. The van der Waals surface area contributed by atoms with Crippen molar-refractivity contribution in [2.75, 3.05) is 11.9 Å². The molecular weight excluding hydrogens is 320 g/mol. The number of nitrogens with one attached hydrogen (secondary N) is 1. The molecule has 0 aliphatic carbocycles. The smallest absolute Gasteiger partial charge is 0.255 e. The van der Waals surface area contributed by atoms with Gasteiger partial charge in [0.25, 0.3) is 5.91 Å². The Kier molecular flexibility index (Phi) is 4.75. The van der Waals surface area contributed by atoms with Crippen LogP contribution in [0.1, 0.15) is 10.4 Å². The first-order valence-corrected chi connectivity index (χ1v) is 6.65. The average Bonchev–Trinajstić information content (AvgIpc) is 2.46. The van der Waals surface area contributed by atoms with E-state index < -0.39 is 0 Å². The molecule has 2 rings (SSSR count). The lowest BCUT2D eigenvalue weighted by atomic mass is 10.2.